The molecule has 128 valence electrons. The van der Waals surface area contributed by atoms with Crippen LogP contribution >= 0.6 is 0 Å². The molecule has 0 aliphatic rings. The summed E-state index contributed by atoms with van der Waals surface area (Å²) in [5.74, 6) is -0.197. The van der Waals surface area contributed by atoms with E-state index in [1.165, 1.54) is 6.92 Å². The van der Waals surface area contributed by atoms with Gasteiger partial charge in [0, 0.05) is 12.6 Å². The Labute approximate surface area is 143 Å². The standard InChI is InChI=1S/C18H22N2O3S/c1-11-6-8-16(9-7-11)24(22,23)20-18-13(3)10-12(2)17(14(18)4)19-15(5)21/h6-10,20H,1-5H3,(H,19,21). The summed E-state index contributed by atoms with van der Waals surface area (Å²) in [6.45, 7) is 8.83. The highest BCUT2D eigenvalue weighted by molar-refractivity contribution is 7.92. The van der Waals surface area contributed by atoms with Gasteiger partial charge in [0.25, 0.3) is 10.0 Å². The normalized spacial score (nSPS) is 11.2. The summed E-state index contributed by atoms with van der Waals surface area (Å²) in [5.41, 5.74) is 4.50. The quantitative estimate of drug-likeness (QED) is 0.887. The molecule has 2 N–H and O–H groups in total. The Morgan fingerprint density at radius 3 is 2.00 bits per heavy atom. The molecule has 0 aliphatic carbocycles. The summed E-state index contributed by atoms with van der Waals surface area (Å²) in [4.78, 5) is 11.6. The number of rotatable bonds is 4. The van der Waals surface area contributed by atoms with Crippen LogP contribution in [0.4, 0.5) is 11.4 Å². The fraction of sp³-hybridized carbons (Fsp3) is 0.278. The number of hydrogen-bond acceptors (Lipinski definition) is 3. The first-order valence-corrected chi connectivity index (χ1v) is 9.08. The van der Waals surface area contributed by atoms with Gasteiger partial charge in [-0.2, -0.15) is 0 Å². The Balaban J connectivity index is 2.49. The minimum atomic E-state index is -3.70. The van der Waals surface area contributed by atoms with E-state index in [2.05, 4.69) is 10.0 Å². The number of carbonyl (C=O) groups excluding carboxylic acids is 1. The molecule has 0 spiro atoms. The van der Waals surface area contributed by atoms with Crippen LogP contribution < -0.4 is 10.0 Å². The molecule has 0 heterocycles. The highest BCUT2D eigenvalue weighted by Gasteiger charge is 2.19. The van der Waals surface area contributed by atoms with Gasteiger partial charge in [-0.15, -0.1) is 0 Å². The van der Waals surface area contributed by atoms with Crippen molar-refractivity contribution < 1.29 is 13.2 Å². The number of hydrogen-bond donors (Lipinski definition) is 2. The second-order valence-corrected chi connectivity index (χ2v) is 7.67. The Kier molecular flexibility index (Phi) is 4.99. The first-order valence-electron chi connectivity index (χ1n) is 7.59. The summed E-state index contributed by atoms with van der Waals surface area (Å²) in [6.07, 6.45) is 0. The third-order valence-corrected chi connectivity index (χ3v) is 5.21. The number of carbonyl (C=O) groups is 1. The molecule has 2 rings (SSSR count). The van der Waals surface area contributed by atoms with Gasteiger partial charge < -0.3 is 5.32 Å². The minimum absolute atomic E-state index is 0.197. The van der Waals surface area contributed by atoms with Crippen molar-refractivity contribution in [2.75, 3.05) is 10.0 Å². The maximum atomic E-state index is 12.6. The zero-order chi connectivity index (χ0) is 18.1. The monoisotopic (exact) mass is 346 g/mol. The number of amides is 1. The Bertz CT molecular complexity index is 885. The molecule has 0 fully saturated rings. The molecule has 0 aromatic heterocycles. The molecule has 0 radical (unpaired) electrons. The summed E-state index contributed by atoms with van der Waals surface area (Å²) in [5, 5.41) is 2.77. The predicted molar refractivity (Wildman–Crippen MR) is 96.9 cm³/mol. The molecule has 24 heavy (non-hydrogen) atoms. The number of sulfonamides is 1. The molecule has 0 saturated heterocycles. The van der Waals surface area contributed by atoms with Crippen LogP contribution in [-0.2, 0) is 14.8 Å². The van der Waals surface area contributed by atoms with Crippen LogP contribution in [0.25, 0.3) is 0 Å². The van der Waals surface area contributed by atoms with E-state index in [9.17, 15) is 13.2 Å². The minimum Gasteiger partial charge on any atom is -0.326 e. The van der Waals surface area contributed by atoms with Gasteiger partial charge in [-0.25, -0.2) is 8.42 Å². The maximum absolute atomic E-state index is 12.6. The van der Waals surface area contributed by atoms with Gasteiger partial charge in [0.05, 0.1) is 10.6 Å². The summed E-state index contributed by atoms with van der Waals surface area (Å²) < 4.78 is 27.9. The number of aryl methyl sites for hydroxylation is 3. The Morgan fingerprint density at radius 1 is 0.917 bits per heavy atom. The average molecular weight is 346 g/mol. The van der Waals surface area contributed by atoms with Gasteiger partial charge in [-0.3, -0.25) is 9.52 Å². The van der Waals surface area contributed by atoms with E-state index < -0.39 is 10.0 Å². The molecule has 1 amide bonds. The van der Waals surface area contributed by atoms with Gasteiger partial charge in [-0.1, -0.05) is 23.8 Å². The molecule has 0 aliphatic heterocycles. The van der Waals surface area contributed by atoms with Gasteiger partial charge in [-0.05, 0) is 56.5 Å². The third-order valence-electron chi connectivity index (χ3n) is 3.84. The van der Waals surface area contributed by atoms with Crippen LogP contribution in [0.1, 0.15) is 29.2 Å². The number of nitrogens with one attached hydrogen (secondary N) is 2. The second kappa shape index (κ2) is 6.65. The highest BCUT2D eigenvalue weighted by atomic mass is 32.2. The average Bonchev–Trinajstić information content (AvgIpc) is 2.48. The van der Waals surface area contributed by atoms with Crippen molar-refractivity contribution >= 4 is 27.3 Å². The third kappa shape index (κ3) is 3.76. The van der Waals surface area contributed by atoms with Crippen LogP contribution in [0, 0.1) is 27.7 Å². The van der Waals surface area contributed by atoms with E-state index in [1.54, 1.807) is 31.2 Å². The molecule has 2 aromatic carbocycles. The van der Waals surface area contributed by atoms with Crippen LogP contribution in [0.5, 0.6) is 0 Å². The van der Waals surface area contributed by atoms with Gasteiger partial charge in [0.1, 0.15) is 0 Å². The molecular formula is C18H22N2O3S. The summed E-state index contributed by atoms with van der Waals surface area (Å²) in [7, 11) is -3.70. The lowest BCUT2D eigenvalue weighted by atomic mass is 10.0. The van der Waals surface area contributed by atoms with E-state index in [4.69, 9.17) is 0 Å². The van der Waals surface area contributed by atoms with Crippen LogP contribution in [-0.4, -0.2) is 14.3 Å². The molecule has 6 heteroatoms. The molecule has 0 bridgehead atoms. The van der Waals surface area contributed by atoms with Crippen molar-refractivity contribution in [3.8, 4) is 0 Å². The van der Waals surface area contributed by atoms with Crippen molar-refractivity contribution in [2.45, 2.75) is 39.5 Å². The first kappa shape index (κ1) is 18.0. The van der Waals surface area contributed by atoms with E-state index >= 15 is 0 Å². The first-order chi connectivity index (χ1) is 11.1. The molecule has 0 atom stereocenters. The lowest BCUT2D eigenvalue weighted by Crippen LogP contribution is -2.16. The molecule has 0 saturated carbocycles. The number of benzene rings is 2. The van der Waals surface area contributed by atoms with Crippen LogP contribution in [0.15, 0.2) is 35.2 Å². The van der Waals surface area contributed by atoms with Crippen molar-refractivity contribution in [3.63, 3.8) is 0 Å². The van der Waals surface area contributed by atoms with Crippen molar-refractivity contribution in [2.24, 2.45) is 0 Å². The zero-order valence-electron chi connectivity index (χ0n) is 14.5. The van der Waals surface area contributed by atoms with E-state index in [0.29, 0.717) is 16.9 Å². The molecule has 2 aromatic rings. The van der Waals surface area contributed by atoms with Crippen molar-refractivity contribution in [3.05, 3.63) is 52.6 Å². The number of anilines is 2. The van der Waals surface area contributed by atoms with Gasteiger partial charge >= 0.3 is 0 Å². The van der Waals surface area contributed by atoms with E-state index in [-0.39, 0.29) is 10.8 Å². The van der Waals surface area contributed by atoms with Crippen molar-refractivity contribution in [1.29, 1.82) is 0 Å². The predicted octanol–water partition coefficient (Wildman–Crippen LogP) is 3.68. The Hall–Kier alpha value is -2.34. The molecule has 5 nitrogen and oxygen atoms in total. The zero-order valence-corrected chi connectivity index (χ0v) is 15.3. The Morgan fingerprint density at radius 2 is 1.46 bits per heavy atom. The second-order valence-electron chi connectivity index (χ2n) is 5.99. The largest absolute Gasteiger partial charge is 0.326 e. The van der Waals surface area contributed by atoms with E-state index in [0.717, 1.165) is 16.7 Å². The molecular weight excluding hydrogens is 324 g/mol. The lowest BCUT2D eigenvalue weighted by molar-refractivity contribution is -0.114. The van der Waals surface area contributed by atoms with Crippen molar-refractivity contribution in [1.82, 2.24) is 0 Å². The summed E-state index contributed by atoms with van der Waals surface area (Å²) >= 11 is 0. The van der Waals surface area contributed by atoms with Crippen LogP contribution in [0.3, 0.4) is 0 Å². The smallest absolute Gasteiger partial charge is 0.261 e. The maximum Gasteiger partial charge on any atom is 0.261 e. The lowest BCUT2D eigenvalue weighted by Gasteiger charge is -2.19. The summed E-state index contributed by atoms with van der Waals surface area (Å²) in [6, 6.07) is 8.51. The van der Waals surface area contributed by atoms with Gasteiger partial charge in [0.15, 0.2) is 0 Å². The van der Waals surface area contributed by atoms with E-state index in [1.807, 2.05) is 26.8 Å². The fourth-order valence-electron chi connectivity index (χ4n) is 2.62. The molecule has 0 unspecified atom stereocenters. The SMILES string of the molecule is CC(=O)Nc1c(C)cc(C)c(NS(=O)(=O)c2ccc(C)cc2)c1C. The topological polar surface area (TPSA) is 75.3 Å². The van der Waals surface area contributed by atoms with Gasteiger partial charge in [0.2, 0.25) is 5.91 Å². The fourth-order valence-corrected chi connectivity index (χ4v) is 3.82. The van der Waals surface area contributed by atoms with Crippen LogP contribution in [0.2, 0.25) is 0 Å². The highest BCUT2D eigenvalue weighted by Crippen LogP contribution is 2.32.